The first kappa shape index (κ1) is 24.6. The summed E-state index contributed by atoms with van der Waals surface area (Å²) in [5, 5.41) is 8.26. The van der Waals surface area contributed by atoms with Gasteiger partial charge in [0.1, 0.15) is 6.54 Å². The number of hydrogen-bond donors (Lipinski definition) is 0. The number of aryl methyl sites for hydroxylation is 1. The van der Waals surface area contributed by atoms with E-state index in [0.717, 1.165) is 30.9 Å². The Hall–Kier alpha value is -4.68. The highest BCUT2D eigenvalue weighted by Gasteiger charge is 2.31. The van der Waals surface area contributed by atoms with E-state index in [4.69, 9.17) is 4.52 Å². The van der Waals surface area contributed by atoms with Gasteiger partial charge in [0.25, 0.3) is 0 Å². The van der Waals surface area contributed by atoms with Crippen LogP contribution in [-0.4, -0.2) is 55.5 Å². The Balaban J connectivity index is 1.22. The summed E-state index contributed by atoms with van der Waals surface area (Å²) in [4.78, 5) is 26.1. The van der Waals surface area contributed by atoms with Crippen LogP contribution in [-0.2, 0) is 12.7 Å². The van der Waals surface area contributed by atoms with E-state index in [1.165, 1.54) is 33.0 Å². The number of hydrogen-bond acceptors (Lipinski definition) is 8. The minimum absolute atomic E-state index is 0.0123. The molecule has 6 rings (SSSR count). The first-order valence-electron chi connectivity index (χ1n) is 12.3. The largest absolute Gasteiger partial charge is 0.416 e. The Labute approximate surface area is 219 Å². The van der Waals surface area contributed by atoms with Crippen molar-refractivity contribution < 1.29 is 17.7 Å². The Bertz CT molecular complexity index is 1680. The van der Waals surface area contributed by atoms with Crippen LogP contribution >= 0.6 is 0 Å². The van der Waals surface area contributed by atoms with Crippen molar-refractivity contribution in [3.8, 4) is 11.4 Å². The third-order valence-electron chi connectivity index (χ3n) is 6.66. The van der Waals surface area contributed by atoms with Crippen LogP contribution in [0.5, 0.6) is 0 Å². The SMILES string of the molecule is Cc1ccc(N2CCN(c3nccn4c(=O)n(Cc5nc(-c6cccc(C(F)(F)F)c6)no5)nc34)CC2)cc1. The second kappa shape index (κ2) is 9.57. The molecular formula is C26H23F3N8O2. The van der Waals surface area contributed by atoms with Crippen molar-refractivity contribution in [2.24, 2.45) is 0 Å². The molecule has 0 aliphatic carbocycles. The molecule has 0 amide bonds. The van der Waals surface area contributed by atoms with Crippen LogP contribution in [0.1, 0.15) is 17.0 Å². The Morgan fingerprint density at radius 1 is 1.00 bits per heavy atom. The molecule has 1 fully saturated rings. The molecule has 13 heteroatoms. The molecule has 0 bridgehead atoms. The summed E-state index contributed by atoms with van der Waals surface area (Å²) < 4.78 is 47.0. The van der Waals surface area contributed by atoms with Crippen LogP contribution in [0.3, 0.4) is 0 Å². The standard InChI is InChI=1S/C26H23F3N8O2/c1-17-5-7-20(8-6-17)34-11-13-35(14-12-34)23-24-32-37(25(38)36(24)10-9-30-23)16-21-31-22(33-39-21)18-3-2-4-19(15-18)26(27,28)29/h2-10,15H,11-14,16H2,1H3. The molecule has 3 aromatic heterocycles. The van der Waals surface area contributed by atoms with Gasteiger partial charge in [-0.05, 0) is 31.2 Å². The van der Waals surface area contributed by atoms with Gasteiger partial charge >= 0.3 is 11.9 Å². The van der Waals surface area contributed by atoms with Gasteiger partial charge in [0.05, 0.1) is 5.56 Å². The van der Waals surface area contributed by atoms with Gasteiger partial charge in [0.15, 0.2) is 5.82 Å². The summed E-state index contributed by atoms with van der Waals surface area (Å²) in [7, 11) is 0. The zero-order valence-electron chi connectivity index (χ0n) is 20.8. The predicted molar refractivity (Wildman–Crippen MR) is 137 cm³/mol. The van der Waals surface area contributed by atoms with E-state index in [2.05, 4.69) is 61.2 Å². The van der Waals surface area contributed by atoms with Crippen LogP contribution in [0.25, 0.3) is 17.0 Å². The van der Waals surface area contributed by atoms with Crippen molar-refractivity contribution in [1.82, 2.24) is 29.3 Å². The molecule has 0 radical (unpaired) electrons. The molecule has 5 aromatic rings. The molecule has 200 valence electrons. The number of fused-ring (bicyclic) bond motifs is 1. The Morgan fingerprint density at radius 2 is 1.74 bits per heavy atom. The second-order valence-corrected chi connectivity index (χ2v) is 9.28. The highest BCUT2D eigenvalue weighted by molar-refractivity contribution is 5.64. The summed E-state index contributed by atoms with van der Waals surface area (Å²) in [6.07, 6.45) is -1.40. The van der Waals surface area contributed by atoms with Crippen molar-refractivity contribution in [1.29, 1.82) is 0 Å². The fraction of sp³-hybridized carbons (Fsp3) is 0.269. The van der Waals surface area contributed by atoms with Crippen LogP contribution < -0.4 is 15.5 Å². The fourth-order valence-corrected chi connectivity index (χ4v) is 4.59. The zero-order valence-corrected chi connectivity index (χ0v) is 20.8. The lowest BCUT2D eigenvalue weighted by atomic mass is 10.1. The minimum Gasteiger partial charge on any atom is -0.368 e. The molecule has 0 spiro atoms. The number of piperazine rings is 1. The molecule has 0 atom stereocenters. The van der Waals surface area contributed by atoms with Gasteiger partial charge in [-0.3, -0.25) is 0 Å². The lowest BCUT2D eigenvalue weighted by Crippen LogP contribution is -2.47. The van der Waals surface area contributed by atoms with Crippen molar-refractivity contribution in [2.75, 3.05) is 36.0 Å². The van der Waals surface area contributed by atoms with Gasteiger partial charge in [-0.1, -0.05) is 35.0 Å². The monoisotopic (exact) mass is 536 g/mol. The number of nitrogens with zero attached hydrogens (tertiary/aromatic N) is 8. The summed E-state index contributed by atoms with van der Waals surface area (Å²) in [5.41, 5.74) is 1.67. The van der Waals surface area contributed by atoms with E-state index >= 15 is 0 Å². The normalized spacial score (nSPS) is 14.4. The van der Waals surface area contributed by atoms with E-state index in [1.807, 2.05) is 0 Å². The highest BCUT2D eigenvalue weighted by Crippen LogP contribution is 2.31. The number of rotatable bonds is 5. The molecule has 0 N–H and O–H groups in total. The quantitative estimate of drug-likeness (QED) is 0.336. The van der Waals surface area contributed by atoms with Gasteiger partial charge in [-0.2, -0.15) is 18.2 Å². The molecule has 1 aliphatic rings. The third kappa shape index (κ3) is 4.82. The van der Waals surface area contributed by atoms with Gasteiger partial charge in [-0.25, -0.2) is 18.9 Å². The lowest BCUT2D eigenvalue weighted by Gasteiger charge is -2.36. The van der Waals surface area contributed by atoms with Crippen LogP contribution in [0, 0.1) is 6.92 Å². The van der Waals surface area contributed by atoms with E-state index in [9.17, 15) is 18.0 Å². The molecule has 4 heterocycles. The van der Waals surface area contributed by atoms with Gasteiger partial charge in [0.2, 0.25) is 17.4 Å². The predicted octanol–water partition coefficient (Wildman–Crippen LogP) is 3.64. The van der Waals surface area contributed by atoms with Crippen molar-refractivity contribution in [3.63, 3.8) is 0 Å². The maximum atomic E-state index is 13.1. The maximum Gasteiger partial charge on any atom is 0.416 e. The van der Waals surface area contributed by atoms with E-state index < -0.39 is 17.4 Å². The average molecular weight is 537 g/mol. The topological polar surface area (TPSA) is 97.6 Å². The fourth-order valence-electron chi connectivity index (χ4n) is 4.59. The average Bonchev–Trinajstić information content (AvgIpc) is 3.53. The molecule has 39 heavy (non-hydrogen) atoms. The number of halogens is 3. The molecule has 0 saturated carbocycles. The summed E-state index contributed by atoms with van der Waals surface area (Å²) in [6.45, 7) is 4.89. The highest BCUT2D eigenvalue weighted by atomic mass is 19.4. The molecule has 10 nitrogen and oxygen atoms in total. The van der Waals surface area contributed by atoms with Crippen LogP contribution in [0.4, 0.5) is 24.7 Å². The number of benzene rings is 2. The number of alkyl halides is 3. The molecule has 1 aliphatic heterocycles. The summed E-state index contributed by atoms with van der Waals surface area (Å²) in [5.74, 6) is 0.614. The van der Waals surface area contributed by atoms with Gasteiger partial charge in [0, 0.05) is 49.8 Å². The van der Waals surface area contributed by atoms with E-state index in [0.29, 0.717) is 24.6 Å². The molecule has 2 aromatic carbocycles. The Morgan fingerprint density at radius 3 is 2.49 bits per heavy atom. The number of aromatic nitrogens is 6. The van der Waals surface area contributed by atoms with Gasteiger partial charge in [-0.15, -0.1) is 5.10 Å². The maximum absolute atomic E-state index is 13.1. The lowest BCUT2D eigenvalue weighted by molar-refractivity contribution is -0.137. The summed E-state index contributed by atoms with van der Waals surface area (Å²) in [6, 6.07) is 13.1. The van der Waals surface area contributed by atoms with Crippen molar-refractivity contribution >= 4 is 17.2 Å². The zero-order chi connectivity index (χ0) is 27.1. The third-order valence-corrected chi connectivity index (χ3v) is 6.66. The van der Waals surface area contributed by atoms with Crippen LogP contribution in [0.15, 0.2) is 70.2 Å². The Kier molecular flexibility index (Phi) is 6.04. The smallest absolute Gasteiger partial charge is 0.368 e. The first-order chi connectivity index (χ1) is 18.8. The number of anilines is 2. The van der Waals surface area contributed by atoms with E-state index in [-0.39, 0.29) is 23.8 Å². The van der Waals surface area contributed by atoms with Gasteiger partial charge < -0.3 is 14.3 Å². The second-order valence-electron chi connectivity index (χ2n) is 9.28. The summed E-state index contributed by atoms with van der Waals surface area (Å²) >= 11 is 0. The van der Waals surface area contributed by atoms with E-state index in [1.54, 1.807) is 6.20 Å². The molecular weight excluding hydrogens is 513 g/mol. The van der Waals surface area contributed by atoms with Crippen molar-refractivity contribution in [2.45, 2.75) is 19.6 Å². The van der Waals surface area contributed by atoms with Crippen LogP contribution in [0.2, 0.25) is 0 Å². The molecule has 1 saturated heterocycles. The first-order valence-corrected chi connectivity index (χ1v) is 12.3. The minimum atomic E-state index is -4.49. The molecule has 0 unspecified atom stereocenters. The van der Waals surface area contributed by atoms with Crippen molar-refractivity contribution in [3.05, 3.63) is 88.4 Å².